The van der Waals surface area contributed by atoms with E-state index in [0.717, 1.165) is 6.92 Å². The molecule has 0 aromatic heterocycles. The Balaban J connectivity index is 6.11. The van der Waals surface area contributed by atoms with Crippen LogP contribution in [0.15, 0.2) is 0 Å². The predicted octanol–water partition coefficient (Wildman–Crippen LogP) is 4.29. The lowest BCUT2D eigenvalue weighted by Gasteiger charge is -2.39. The van der Waals surface area contributed by atoms with Gasteiger partial charge in [-0.15, -0.1) is 0 Å². The molecule has 0 bridgehead atoms. The minimum Gasteiger partial charge on any atom is -0.206 e. The van der Waals surface area contributed by atoms with Gasteiger partial charge in [0, 0.05) is 0 Å². The molecule has 0 aliphatic rings. The summed E-state index contributed by atoms with van der Waals surface area (Å²) < 4.78 is 163. The summed E-state index contributed by atoms with van der Waals surface area (Å²) in [5, 5.41) is 0. The van der Waals surface area contributed by atoms with Gasteiger partial charge in [0.1, 0.15) is 9.52 Å². The van der Waals surface area contributed by atoms with E-state index < -0.39 is 51.0 Å². The highest BCUT2D eigenvalue weighted by atomic mass is 28.2. The standard InChI is InChI=1S/C8H7F13Si/c1-2-22-8(20,21)6(15,16)4(11,12)3(9,10)5(13,14)7(17,18)19/h2,22H2,1H3. The van der Waals surface area contributed by atoms with E-state index in [0.29, 0.717) is 0 Å². The first-order valence-corrected chi connectivity index (χ1v) is 6.97. The normalized spacial score (nSPS) is 16.6. The molecule has 22 heavy (non-hydrogen) atoms. The molecule has 0 atom stereocenters. The molecule has 0 fully saturated rings. The molecular weight excluding hydrogens is 371 g/mol. The fourth-order valence-electron chi connectivity index (χ4n) is 1.27. The molecule has 134 valence electrons. The van der Waals surface area contributed by atoms with Crippen LogP contribution in [0, 0.1) is 0 Å². The zero-order valence-electron chi connectivity index (χ0n) is 10.3. The number of alkyl halides is 13. The van der Waals surface area contributed by atoms with E-state index in [1.54, 1.807) is 0 Å². The molecule has 0 spiro atoms. The molecule has 0 heterocycles. The first kappa shape index (κ1) is 21.3. The number of halogens is 13. The maximum atomic E-state index is 12.9. The van der Waals surface area contributed by atoms with Crippen molar-refractivity contribution in [3.8, 4) is 0 Å². The third kappa shape index (κ3) is 2.77. The van der Waals surface area contributed by atoms with E-state index in [-0.39, 0.29) is 0 Å². The summed E-state index contributed by atoms with van der Waals surface area (Å²) in [6.07, 6.45) is -7.35. The second-order valence-electron chi connectivity index (χ2n) is 4.25. The summed E-state index contributed by atoms with van der Waals surface area (Å²) in [6.45, 7) is 0.802. The zero-order chi connectivity index (χ0) is 18.4. The van der Waals surface area contributed by atoms with Crippen LogP contribution < -0.4 is 0 Å². The van der Waals surface area contributed by atoms with Crippen molar-refractivity contribution in [2.24, 2.45) is 0 Å². The average molecular weight is 378 g/mol. The van der Waals surface area contributed by atoms with E-state index in [1.807, 2.05) is 0 Å². The molecule has 0 saturated heterocycles. The van der Waals surface area contributed by atoms with E-state index in [4.69, 9.17) is 0 Å². The van der Waals surface area contributed by atoms with Crippen molar-refractivity contribution in [1.82, 2.24) is 0 Å². The number of hydrogen-bond donors (Lipinski definition) is 0. The molecule has 0 N–H and O–H groups in total. The lowest BCUT2D eigenvalue weighted by atomic mass is 9.98. The summed E-state index contributed by atoms with van der Waals surface area (Å²) in [5.41, 5.74) is -5.80. The van der Waals surface area contributed by atoms with Crippen molar-refractivity contribution in [3.63, 3.8) is 0 Å². The van der Waals surface area contributed by atoms with Crippen LogP contribution in [-0.2, 0) is 0 Å². The van der Waals surface area contributed by atoms with Crippen molar-refractivity contribution in [2.75, 3.05) is 0 Å². The highest BCUT2D eigenvalue weighted by molar-refractivity contribution is 6.39. The van der Waals surface area contributed by atoms with E-state index >= 15 is 0 Å². The highest BCUT2D eigenvalue weighted by Gasteiger charge is 2.90. The van der Waals surface area contributed by atoms with Crippen molar-refractivity contribution < 1.29 is 57.1 Å². The van der Waals surface area contributed by atoms with Crippen molar-refractivity contribution in [2.45, 2.75) is 48.4 Å². The lowest BCUT2D eigenvalue weighted by molar-refractivity contribution is -0.434. The van der Waals surface area contributed by atoms with Gasteiger partial charge in [-0.25, -0.2) is 8.78 Å². The second-order valence-corrected chi connectivity index (χ2v) is 6.64. The molecule has 0 aromatic carbocycles. The predicted molar refractivity (Wildman–Crippen MR) is 49.8 cm³/mol. The van der Waals surface area contributed by atoms with Gasteiger partial charge in [0.15, 0.2) is 0 Å². The Morgan fingerprint density at radius 1 is 0.545 bits per heavy atom. The summed E-state index contributed by atoms with van der Waals surface area (Å²) in [7, 11) is -3.49. The Bertz CT molecular complexity index is 395. The topological polar surface area (TPSA) is 0 Å². The quantitative estimate of drug-likeness (QED) is 0.478. The molecule has 0 rings (SSSR count). The van der Waals surface area contributed by atoms with Crippen LogP contribution in [0.3, 0.4) is 0 Å². The molecule has 0 aromatic rings. The fourth-order valence-corrected chi connectivity index (χ4v) is 2.44. The van der Waals surface area contributed by atoms with E-state index in [1.165, 1.54) is 0 Å². The monoisotopic (exact) mass is 378 g/mol. The molecule has 0 radical (unpaired) electrons. The molecular formula is C8H7F13Si. The van der Waals surface area contributed by atoms with Crippen LogP contribution in [0.4, 0.5) is 57.1 Å². The molecule has 0 nitrogen and oxygen atoms in total. The van der Waals surface area contributed by atoms with Crippen LogP contribution in [0.2, 0.25) is 6.04 Å². The van der Waals surface area contributed by atoms with Gasteiger partial charge in [-0.1, -0.05) is 13.0 Å². The molecule has 0 unspecified atom stereocenters. The minimum atomic E-state index is -7.78. The highest BCUT2D eigenvalue weighted by Crippen LogP contribution is 2.60. The van der Waals surface area contributed by atoms with Crippen LogP contribution in [-0.4, -0.2) is 44.9 Å². The van der Waals surface area contributed by atoms with Crippen LogP contribution in [0.1, 0.15) is 6.92 Å². The average Bonchev–Trinajstić information content (AvgIpc) is 2.26. The van der Waals surface area contributed by atoms with Gasteiger partial charge >= 0.3 is 29.9 Å². The van der Waals surface area contributed by atoms with Crippen molar-refractivity contribution >= 4 is 9.52 Å². The third-order valence-corrected chi connectivity index (χ3v) is 4.13. The van der Waals surface area contributed by atoms with E-state index in [9.17, 15) is 57.1 Å². The van der Waals surface area contributed by atoms with Crippen molar-refractivity contribution in [1.29, 1.82) is 0 Å². The molecule has 0 aliphatic heterocycles. The second kappa shape index (κ2) is 5.44. The smallest absolute Gasteiger partial charge is 0.206 e. The molecule has 0 saturated carbocycles. The Kier molecular flexibility index (Phi) is 5.27. The van der Waals surface area contributed by atoms with Gasteiger partial charge in [0.25, 0.3) is 5.55 Å². The third-order valence-electron chi connectivity index (χ3n) is 2.56. The first-order chi connectivity index (χ1) is 9.31. The Morgan fingerprint density at radius 2 is 0.864 bits per heavy atom. The molecule has 14 heteroatoms. The number of rotatable bonds is 6. The lowest BCUT2D eigenvalue weighted by Crippen LogP contribution is -2.70. The Hall–Kier alpha value is -0.693. The zero-order valence-corrected chi connectivity index (χ0v) is 11.7. The molecule has 0 aliphatic carbocycles. The van der Waals surface area contributed by atoms with Gasteiger partial charge in [0.05, 0.1) is 0 Å². The van der Waals surface area contributed by atoms with Crippen molar-refractivity contribution in [3.05, 3.63) is 0 Å². The number of hydrogen-bond acceptors (Lipinski definition) is 0. The van der Waals surface area contributed by atoms with Gasteiger partial charge in [-0.05, 0) is 0 Å². The fraction of sp³-hybridized carbons (Fsp3) is 1.00. The first-order valence-electron chi connectivity index (χ1n) is 5.27. The minimum absolute atomic E-state index is 0.802. The van der Waals surface area contributed by atoms with Gasteiger partial charge in [0.2, 0.25) is 0 Å². The van der Waals surface area contributed by atoms with Gasteiger partial charge < -0.3 is 0 Å². The Morgan fingerprint density at radius 3 is 1.14 bits per heavy atom. The SMILES string of the molecule is CC[SiH2]C(F)(F)C(F)(F)C(F)(F)C(F)(F)C(F)(F)C(F)(F)F. The maximum Gasteiger partial charge on any atom is 0.460 e. The summed E-state index contributed by atoms with van der Waals surface area (Å²) in [4.78, 5) is 0. The van der Waals surface area contributed by atoms with Gasteiger partial charge in [-0.3, -0.25) is 0 Å². The summed E-state index contributed by atoms with van der Waals surface area (Å²) in [6, 6.07) is -0.820. The maximum absolute atomic E-state index is 12.9. The largest absolute Gasteiger partial charge is 0.460 e. The Labute approximate surface area is 116 Å². The summed E-state index contributed by atoms with van der Waals surface area (Å²) >= 11 is 0. The van der Waals surface area contributed by atoms with E-state index in [2.05, 4.69) is 0 Å². The van der Waals surface area contributed by atoms with Crippen LogP contribution in [0.25, 0.3) is 0 Å². The molecule has 0 amide bonds. The van der Waals surface area contributed by atoms with Crippen LogP contribution >= 0.6 is 0 Å². The van der Waals surface area contributed by atoms with Crippen LogP contribution in [0.5, 0.6) is 0 Å². The van der Waals surface area contributed by atoms with Gasteiger partial charge in [-0.2, -0.15) is 48.3 Å². The summed E-state index contributed by atoms with van der Waals surface area (Å²) in [5.74, 6) is -30.1.